The van der Waals surface area contributed by atoms with Gasteiger partial charge in [0.1, 0.15) is 0 Å². The third-order valence-electron chi connectivity index (χ3n) is 2.81. The zero-order valence-electron chi connectivity index (χ0n) is 8.95. The molecule has 0 radical (unpaired) electrons. The predicted molar refractivity (Wildman–Crippen MR) is 53.8 cm³/mol. The van der Waals surface area contributed by atoms with Crippen molar-refractivity contribution in [2.24, 2.45) is 11.8 Å². The van der Waals surface area contributed by atoms with Gasteiger partial charge in [-0.05, 0) is 31.1 Å². The summed E-state index contributed by atoms with van der Waals surface area (Å²) in [5.74, 6) is 1.46. The average Bonchev–Trinajstić information content (AvgIpc) is 2.93. The third-order valence-corrected chi connectivity index (χ3v) is 2.81. The Morgan fingerprint density at radius 2 is 2.21 bits per heavy atom. The Bertz CT molecular complexity index is 223. The normalized spacial score (nSPS) is 30.5. The molecule has 1 saturated carbocycles. The molecule has 1 amide bonds. The van der Waals surface area contributed by atoms with E-state index in [-0.39, 0.29) is 18.1 Å². The van der Waals surface area contributed by atoms with E-state index >= 15 is 0 Å². The van der Waals surface area contributed by atoms with Gasteiger partial charge in [0.2, 0.25) is 0 Å². The summed E-state index contributed by atoms with van der Waals surface area (Å²) in [5, 5.41) is 2.95. The zero-order valence-corrected chi connectivity index (χ0v) is 8.95. The molecule has 14 heavy (non-hydrogen) atoms. The van der Waals surface area contributed by atoms with E-state index in [1.165, 1.54) is 12.8 Å². The molecular weight excluding hydrogens is 178 g/mol. The molecule has 2 unspecified atom stereocenters. The van der Waals surface area contributed by atoms with Gasteiger partial charge in [0.05, 0.1) is 6.10 Å². The maximum Gasteiger partial charge on any atom is 0.251 e. The molecule has 1 aliphatic heterocycles. The van der Waals surface area contributed by atoms with Crippen LogP contribution in [-0.2, 0) is 9.53 Å². The van der Waals surface area contributed by atoms with Gasteiger partial charge in [0, 0.05) is 6.54 Å². The van der Waals surface area contributed by atoms with Crippen LogP contribution >= 0.6 is 0 Å². The zero-order chi connectivity index (χ0) is 10.1. The number of hydrogen-bond acceptors (Lipinski definition) is 2. The van der Waals surface area contributed by atoms with Crippen molar-refractivity contribution in [3.63, 3.8) is 0 Å². The van der Waals surface area contributed by atoms with Gasteiger partial charge in [-0.25, -0.2) is 0 Å². The SMILES string of the molecule is CC(C)CC1OC1C(=O)NCC1CC1. The van der Waals surface area contributed by atoms with E-state index in [0.717, 1.165) is 18.9 Å². The summed E-state index contributed by atoms with van der Waals surface area (Å²) in [5.41, 5.74) is 0. The van der Waals surface area contributed by atoms with Gasteiger partial charge >= 0.3 is 0 Å². The summed E-state index contributed by atoms with van der Waals surface area (Å²) >= 11 is 0. The lowest BCUT2D eigenvalue weighted by atomic mass is 10.1. The number of nitrogens with one attached hydrogen (secondary N) is 1. The predicted octanol–water partition coefficient (Wildman–Crippen LogP) is 1.33. The molecule has 2 rings (SSSR count). The van der Waals surface area contributed by atoms with E-state index in [0.29, 0.717) is 5.92 Å². The van der Waals surface area contributed by atoms with Crippen molar-refractivity contribution in [3.8, 4) is 0 Å². The van der Waals surface area contributed by atoms with E-state index in [9.17, 15) is 4.79 Å². The lowest BCUT2D eigenvalue weighted by molar-refractivity contribution is -0.122. The molecule has 80 valence electrons. The number of carbonyl (C=O) groups is 1. The summed E-state index contributed by atoms with van der Waals surface area (Å²) in [4.78, 5) is 11.5. The first-order chi connectivity index (χ1) is 6.66. The Kier molecular flexibility index (Phi) is 2.77. The van der Waals surface area contributed by atoms with Crippen LogP contribution in [0.1, 0.15) is 33.1 Å². The first-order valence-electron chi connectivity index (χ1n) is 5.60. The largest absolute Gasteiger partial charge is 0.359 e. The molecule has 2 aliphatic rings. The van der Waals surface area contributed by atoms with Crippen LogP contribution in [0.2, 0.25) is 0 Å². The summed E-state index contributed by atoms with van der Waals surface area (Å²) in [6.07, 6.45) is 3.61. The number of ether oxygens (including phenoxy) is 1. The fourth-order valence-corrected chi connectivity index (χ4v) is 1.68. The highest BCUT2D eigenvalue weighted by molar-refractivity contribution is 5.83. The van der Waals surface area contributed by atoms with Crippen LogP contribution in [0.5, 0.6) is 0 Å². The van der Waals surface area contributed by atoms with Gasteiger partial charge in [0.25, 0.3) is 5.91 Å². The quantitative estimate of drug-likeness (QED) is 0.675. The molecule has 0 spiro atoms. The molecule has 1 heterocycles. The third kappa shape index (κ3) is 2.71. The van der Waals surface area contributed by atoms with Crippen molar-refractivity contribution in [3.05, 3.63) is 0 Å². The summed E-state index contributed by atoms with van der Waals surface area (Å²) in [7, 11) is 0. The molecule has 3 nitrogen and oxygen atoms in total. The lowest BCUT2D eigenvalue weighted by Crippen LogP contribution is -2.30. The number of rotatable bonds is 5. The van der Waals surface area contributed by atoms with Crippen molar-refractivity contribution in [2.75, 3.05) is 6.54 Å². The molecular formula is C11H19NO2. The second kappa shape index (κ2) is 3.89. The van der Waals surface area contributed by atoms with E-state index in [1.54, 1.807) is 0 Å². The molecule has 2 atom stereocenters. The average molecular weight is 197 g/mol. The minimum atomic E-state index is -0.142. The van der Waals surface area contributed by atoms with Gasteiger partial charge in [0.15, 0.2) is 6.10 Å². The molecule has 0 aromatic carbocycles. The molecule has 1 saturated heterocycles. The summed E-state index contributed by atoms with van der Waals surface area (Å²) < 4.78 is 5.33. The van der Waals surface area contributed by atoms with E-state index in [1.807, 2.05) is 0 Å². The molecule has 1 N–H and O–H groups in total. The molecule has 0 aromatic heterocycles. The topological polar surface area (TPSA) is 41.6 Å². The maximum atomic E-state index is 11.5. The van der Waals surface area contributed by atoms with Crippen molar-refractivity contribution in [2.45, 2.75) is 45.3 Å². The van der Waals surface area contributed by atoms with Crippen LogP contribution in [-0.4, -0.2) is 24.7 Å². The first-order valence-corrected chi connectivity index (χ1v) is 5.60. The number of epoxide rings is 1. The van der Waals surface area contributed by atoms with Crippen molar-refractivity contribution < 1.29 is 9.53 Å². The number of carbonyl (C=O) groups excluding carboxylic acids is 1. The second-order valence-corrected chi connectivity index (χ2v) is 4.91. The smallest absolute Gasteiger partial charge is 0.251 e. The van der Waals surface area contributed by atoms with Crippen molar-refractivity contribution in [1.29, 1.82) is 0 Å². The Labute approximate surface area is 85.2 Å². The van der Waals surface area contributed by atoms with E-state index in [4.69, 9.17) is 4.74 Å². The van der Waals surface area contributed by atoms with Crippen LogP contribution in [0, 0.1) is 11.8 Å². The van der Waals surface area contributed by atoms with Crippen LogP contribution in [0.25, 0.3) is 0 Å². The second-order valence-electron chi connectivity index (χ2n) is 4.91. The number of amides is 1. The standard InChI is InChI=1S/C11H19NO2/c1-7(2)5-9-10(14-9)11(13)12-6-8-3-4-8/h7-10H,3-6H2,1-2H3,(H,12,13). The van der Waals surface area contributed by atoms with Gasteiger partial charge in [-0.2, -0.15) is 0 Å². The monoisotopic (exact) mass is 197 g/mol. The highest BCUT2D eigenvalue weighted by atomic mass is 16.6. The molecule has 0 bridgehead atoms. The highest BCUT2D eigenvalue weighted by Crippen LogP contribution is 2.30. The molecule has 2 fully saturated rings. The van der Waals surface area contributed by atoms with Crippen LogP contribution < -0.4 is 5.32 Å². The highest BCUT2D eigenvalue weighted by Gasteiger charge is 2.44. The minimum Gasteiger partial charge on any atom is -0.359 e. The maximum absolute atomic E-state index is 11.5. The molecule has 3 heteroatoms. The lowest BCUT2D eigenvalue weighted by Gasteiger charge is -2.01. The van der Waals surface area contributed by atoms with Crippen LogP contribution in [0.3, 0.4) is 0 Å². The Morgan fingerprint density at radius 1 is 1.50 bits per heavy atom. The molecule has 0 aromatic rings. The van der Waals surface area contributed by atoms with Gasteiger partial charge in [-0.1, -0.05) is 13.8 Å². The van der Waals surface area contributed by atoms with Crippen molar-refractivity contribution in [1.82, 2.24) is 5.32 Å². The fourth-order valence-electron chi connectivity index (χ4n) is 1.68. The van der Waals surface area contributed by atoms with E-state index in [2.05, 4.69) is 19.2 Å². The van der Waals surface area contributed by atoms with Gasteiger partial charge < -0.3 is 10.1 Å². The van der Waals surface area contributed by atoms with Gasteiger partial charge in [-0.15, -0.1) is 0 Å². The van der Waals surface area contributed by atoms with Gasteiger partial charge in [-0.3, -0.25) is 4.79 Å². The Balaban J connectivity index is 1.62. The molecule has 1 aliphatic carbocycles. The Morgan fingerprint density at radius 3 is 2.79 bits per heavy atom. The van der Waals surface area contributed by atoms with Crippen molar-refractivity contribution >= 4 is 5.91 Å². The first kappa shape index (κ1) is 9.97. The van der Waals surface area contributed by atoms with Crippen LogP contribution in [0.15, 0.2) is 0 Å². The fraction of sp³-hybridized carbons (Fsp3) is 0.909. The summed E-state index contributed by atoms with van der Waals surface area (Å²) in [6.45, 7) is 5.16. The summed E-state index contributed by atoms with van der Waals surface area (Å²) in [6, 6.07) is 0. The number of hydrogen-bond donors (Lipinski definition) is 1. The van der Waals surface area contributed by atoms with Crippen LogP contribution in [0.4, 0.5) is 0 Å². The Hall–Kier alpha value is -0.570. The minimum absolute atomic E-state index is 0.0996. The van der Waals surface area contributed by atoms with E-state index < -0.39 is 0 Å².